The van der Waals surface area contributed by atoms with Crippen molar-refractivity contribution in [3.8, 4) is 5.75 Å². The van der Waals surface area contributed by atoms with Gasteiger partial charge in [0, 0.05) is 19.1 Å². The molecule has 0 aromatic heterocycles. The lowest BCUT2D eigenvalue weighted by Crippen LogP contribution is -2.33. The van der Waals surface area contributed by atoms with Crippen molar-refractivity contribution in [2.75, 3.05) is 26.2 Å². The predicted octanol–water partition coefficient (Wildman–Crippen LogP) is 2.82. The average Bonchev–Trinajstić information content (AvgIpc) is 3.23. The van der Waals surface area contributed by atoms with Gasteiger partial charge in [0.2, 0.25) is 0 Å². The minimum Gasteiger partial charge on any atom is -0.494 e. The van der Waals surface area contributed by atoms with Crippen molar-refractivity contribution in [1.29, 1.82) is 0 Å². The van der Waals surface area contributed by atoms with E-state index in [2.05, 4.69) is 24.0 Å². The highest BCUT2D eigenvalue weighted by Gasteiger charge is 2.24. The maximum atomic E-state index is 6.31. The van der Waals surface area contributed by atoms with E-state index < -0.39 is 0 Å². The van der Waals surface area contributed by atoms with Gasteiger partial charge in [0.05, 0.1) is 6.61 Å². The summed E-state index contributed by atoms with van der Waals surface area (Å²) in [5.41, 5.74) is 7.50. The van der Waals surface area contributed by atoms with Gasteiger partial charge in [-0.2, -0.15) is 0 Å². The number of nitrogens with two attached hydrogens (primary N) is 1. The highest BCUT2D eigenvalue weighted by molar-refractivity contribution is 5.29. The predicted molar refractivity (Wildman–Crippen MR) is 79.4 cm³/mol. The Hall–Kier alpha value is -1.06. The van der Waals surface area contributed by atoms with E-state index in [0.29, 0.717) is 6.61 Å². The summed E-state index contributed by atoms with van der Waals surface area (Å²) in [7, 11) is 0. The number of hydrogen-bond acceptors (Lipinski definition) is 3. The summed E-state index contributed by atoms with van der Waals surface area (Å²) in [5, 5.41) is 0. The molecule has 0 amide bonds. The molecule has 1 aliphatic carbocycles. The van der Waals surface area contributed by atoms with Gasteiger partial charge in [-0.1, -0.05) is 19.1 Å². The zero-order valence-electron chi connectivity index (χ0n) is 12.1. The van der Waals surface area contributed by atoms with Crippen molar-refractivity contribution in [3.63, 3.8) is 0 Å². The van der Waals surface area contributed by atoms with E-state index in [1.807, 2.05) is 19.1 Å². The molecule has 0 spiro atoms. The molecule has 3 heteroatoms. The molecule has 1 aromatic rings. The van der Waals surface area contributed by atoms with E-state index >= 15 is 0 Å². The van der Waals surface area contributed by atoms with E-state index in [4.69, 9.17) is 10.5 Å². The van der Waals surface area contributed by atoms with Crippen LogP contribution >= 0.6 is 0 Å². The maximum Gasteiger partial charge on any atom is 0.119 e. The second-order valence-electron chi connectivity index (χ2n) is 5.40. The van der Waals surface area contributed by atoms with E-state index in [9.17, 15) is 0 Å². The quantitative estimate of drug-likeness (QED) is 0.783. The second kappa shape index (κ2) is 6.92. The van der Waals surface area contributed by atoms with Gasteiger partial charge in [-0.05, 0) is 49.9 Å². The van der Waals surface area contributed by atoms with Crippen LogP contribution < -0.4 is 10.5 Å². The molecular formula is C16H26N2O. The first-order valence-corrected chi connectivity index (χ1v) is 7.43. The second-order valence-corrected chi connectivity index (χ2v) is 5.40. The van der Waals surface area contributed by atoms with Crippen LogP contribution in [0.4, 0.5) is 0 Å². The third-order valence-corrected chi connectivity index (χ3v) is 3.73. The Morgan fingerprint density at radius 2 is 1.95 bits per heavy atom. The zero-order chi connectivity index (χ0) is 13.7. The number of rotatable bonds is 8. The molecule has 19 heavy (non-hydrogen) atoms. The highest BCUT2D eigenvalue weighted by Crippen LogP contribution is 2.30. The molecule has 1 aliphatic rings. The summed E-state index contributed by atoms with van der Waals surface area (Å²) >= 11 is 0. The van der Waals surface area contributed by atoms with Crippen molar-refractivity contribution < 1.29 is 4.74 Å². The Morgan fingerprint density at radius 1 is 1.26 bits per heavy atom. The van der Waals surface area contributed by atoms with Crippen molar-refractivity contribution in [1.82, 2.24) is 4.90 Å². The first-order valence-electron chi connectivity index (χ1n) is 7.43. The first-order chi connectivity index (χ1) is 9.22. The van der Waals surface area contributed by atoms with Gasteiger partial charge in [-0.25, -0.2) is 0 Å². The third-order valence-electron chi connectivity index (χ3n) is 3.73. The van der Waals surface area contributed by atoms with Crippen LogP contribution in [0.25, 0.3) is 0 Å². The number of hydrogen-bond donors (Lipinski definition) is 1. The molecule has 1 saturated carbocycles. The fraction of sp³-hybridized carbons (Fsp3) is 0.625. The van der Waals surface area contributed by atoms with Crippen molar-refractivity contribution >= 4 is 0 Å². The van der Waals surface area contributed by atoms with Crippen LogP contribution in [-0.4, -0.2) is 31.1 Å². The Kier molecular flexibility index (Phi) is 5.23. The Balaban J connectivity index is 1.88. The highest BCUT2D eigenvalue weighted by atomic mass is 16.5. The summed E-state index contributed by atoms with van der Waals surface area (Å²) in [6, 6.07) is 8.28. The van der Waals surface area contributed by atoms with Crippen LogP contribution in [0.2, 0.25) is 0 Å². The summed E-state index contributed by atoms with van der Waals surface area (Å²) in [4.78, 5) is 2.47. The molecule has 0 radical (unpaired) electrons. The van der Waals surface area contributed by atoms with E-state index in [1.54, 1.807) is 0 Å². The molecule has 0 aliphatic heterocycles. The third kappa shape index (κ3) is 4.51. The normalized spacial score (nSPS) is 16.6. The molecule has 2 N–H and O–H groups in total. The SMILES string of the molecule is CCOc1ccc(C(N)CN(CC)CC2CC2)cc1. The summed E-state index contributed by atoms with van der Waals surface area (Å²) in [5.74, 6) is 1.84. The smallest absolute Gasteiger partial charge is 0.119 e. The van der Waals surface area contributed by atoms with Crippen LogP contribution in [0.1, 0.15) is 38.3 Å². The van der Waals surface area contributed by atoms with Crippen LogP contribution in [-0.2, 0) is 0 Å². The van der Waals surface area contributed by atoms with Gasteiger partial charge < -0.3 is 15.4 Å². The monoisotopic (exact) mass is 262 g/mol. The largest absolute Gasteiger partial charge is 0.494 e. The van der Waals surface area contributed by atoms with Gasteiger partial charge in [0.1, 0.15) is 5.75 Å². The van der Waals surface area contributed by atoms with Gasteiger partial charge in [-0.15, -0.1) is 0 Å². The van der Waals surface area contributed by atoms with Crippen LogP contribution in [0.15, 0.2) is 24.3 Å². The molecule has 1 atom stereocenters. The van der Waals surface area contributed by atoms with Gasteiger partial charge in [0.25, 0.3) is 0 Å². The number of nitrogens with zero attached hydrogens (tertiary/aromatic N) is 1. The molecule has 1 unspecified atom stereocenters. The van der Waals surface area contributed by atoms with Gasteiger partial charge >= 0.3 is 0 Å². The topological polar surface area (TPSA) is 38.5 Å². The molecule has 1 fully saturated rings. The van der Waals surface area contributed by atoms with Gasteiger partial charge in [0.15, 0.2) is 0 Å². The van der Waals surface area contributed by atoms with Gasteiger partial charge in [-0.3, -0.25) is 0 Å². The zero-order valence-corrected chi connectivity index (χ0v) is 12.1. The Bertz CT molecular complexity index is 373. The molecule has 0 heterocycles. The summed E-state index contributed by atoms with van der Waals surface area (Å²) < 4.78 is 5.45. The fourth-order valence-corrected chi connectivity index (χ4v) is 2.36. The van der Waals surface area contributed by atoms with Crippen molar-refractivity contribution in [2.24, 2.45) is 11.7 Å². The first kappa shape index (κ1) is 14.4. The molecule has 2 rings (SSSR count). The molecule has 3 nitrogen and oxygen atoms in total. The lowest BCUT2D eigenvalue weighted by molar-refractivity contribution is 0.260. The van der Waals surface area contributed by atoms with Crippen LogP contribution in [0.3, 0.4) is 0 Å². The summed E-state index contributed by atoms with van der Waals surface area (Å²) in [6.45, 7) is 8.16. The lowest BCUT2D eigenvalue weighted by Gasteiger charge is -2.24. The molecule has 106 valence electrons. The molecule has 1 aromatic carbocycles. The van der Waals surface area contributed by atoms with Crippen LogP contribution in [0, 0.1) is 5.92 Å². The number of benzene rings is 1. The average molecular weight is 262 g/mol. The molecule has 0 bridgehead atoms. The van der Waals surface area contributed by atoms with Crippen molar-refractivity contribution in [2.45, 2.75) is 32.7 Å². The van der Waals surface area contributed by atoms with E-state index in [0.717, 1.165) is 24.8 Å². The number of ether oxygens (including phenoxy) is 1. The molecular weight excluding hydrogens is 236 g/mol. The lowest BCUT2D eigenvalue weighted by atomic mass is 10.1. The standard InChI is InChI=1S/C16H26N2O/c1-3-18(11-13-5-6-13)12-16(17)14-7-9-15(10-8-14)19-4-2/h7-10,13,16H,3-6,11-12,17H2,1-2H3. The van der Waals surface area contributed by atoms with E-state index in [1.165, 1.54) is 24.9 Å². The van der Waals surface area contributed by atoms with Crippen LogP contribution in [0.5, 0.6) is 5.75 Å². The fourth-order valence-electron chi connectivity index (χ4n) is 2.36. The Labute approximate surface area is 116 Å². The van der Waals surface area contributed by atoms with Crippen molar-refractivity contribution in [3.05, 3.63) is 29.8 Å². The minimum absolute atomic E-state index is 0.0920. The van der Waals surface area contributed by atoms with E-state index in [-0.39, 0.29) is 6.04 Å². The molecule has 0 saturated heterocycles. The summed E-state index contributed by atoms with van der Waals surface area (Å²) in [6.07, 6.45) is 2.80. The maximum absolute atomic E-state index is 6.31. The minimum atomic E-state index is 0.0920. The number of likely N-dealkylation sites (N-methyl/N-ethyl adjacent to an activating group) is 1. The Morgan fingerprint density at radius 3 is 2.47 bits per heavy atom.